The summed E-state index contributed by atoms with van der Waals surface area (Å²) in [6.45, 7) is 4.73. The summed E-state index contributed by atoms with van der Waals surface area (Å²) in [4.78, 5) is 32.0. The number of likely N-dealkylation sites (tertiary alicyclic amines) is 1. The van der Waals surface area contributed by atoms with Crippen LogP contribution in [0, 0.1) is 5.92 Å². The Bertz CT molecular complexity index is 1100. The number of aromatic nitrogens is 2. The summed E-state index contributed by atoms with van der Waals surface area (Å²) in [6, 6.07) is 14.8. The Balaban J connectivity index is 1.40. The number of nitrogens with zero attached hydrogens (tertiary/aromatic N) is 3. The first kappa shape index (κ1) is 22.3. The number of piperidine rings is 1. The predicted molar refractivity (Wildman–Crippen MR) is 127 cm³/mol. The van der Waals surface area contributed by atoms with Gasteiger partial charge >= 0.3 is 0 Å². The third-order valence-electron chi connectivity index (χ3n) is 6.11. The third kappa shape index (κ3) is 5.30. The highest BCUT2D eigenvalue weighted by molar-refractivity contribution is 6.30. The first-order valence-electron chi connectivity index (χ1n) is 11.3. The molecule has 32 heavy (non-hydrogen) atoms. The van der Waals surface area contributed by atoms with Gasteiger partial charge in [0.1, 0.15) is 12.4 Å². The van der Waals surface area contributed by atoms with E-state index >= 15 is 0 Å². The lowest BCUT2D eigenvalue weighted by atomic mass is 9.99. The molecule has 0 spiro atoms. The van der Waals surface area contributed by atoms with Gasteiger partial charge in [0.2, 0.25) is 5.91 Å². The topological polar surface area (TPSA) is 67.2 Å². The normalized spacial score (nSPS) is 14.6. The second kappa shape index (κ2) is 10.2. The van der Waals surface area contributed by atoms with Gasteiger partial charge in [-0.05, 0) is 55.5 Å². The van der Waals surface area contributed by atoms with Crippen molar-refractivity contribution in [1.29, 1.82) is 0 Å². The quantitative estimate of drug-likeness (QED) is 0.543. The largest absolute Gasteiger partial charge is 0.352 e. The number of carbonyl (C=O) groups is 2. The Morgan fingerprint density at radius 1 is 1.12 bits per heavy atom. The molecule has 0 aliphatic carbocycles. The van der Waals surface area contributed by atoms with E-state index in [1.807, 2.05) is 33.7 Å². The molecule has 168 valence electrons. The van der Waals surface area contributed by atoms with Crippen LogP contribution in [0.15, 0.2) is 48.5 Å². The molecule has 1 aliphatic rings. The Hall–Kier alpha value is -2.86. The average molecular weight is 453 g/mol. The highest BCUT2D eigenvalue weighted by Gasteiger charge is 2.22. The lowest BCUT2D eigenvalue weighted by molar-refractivity contribution is -0.133. The van der Waals surface area contributed by atoms with E-state index in [9.17, 15) is 9.59 Å². The van der Waals surface area contributed by atoms with Crippen molar-refractivity contribution in [1.82, 2.24) is 19.8 Å². The number of hydrogen-bond donors (Lipinski definition) is 1. The highest BCUT2D eigenvalue weighted by Crippen LogP contribution is 2.20. The average Bonchev–Trinajstić information content (AvgIpc) is 3.14. The molecule has 1 saturated heterocycles. The monoisotopic (exact) mass is 452 g/mol. The number of nitrogens with one attached hydrogen (secondary N) is 1. The van der Waals surface area contributed by atoms with Crippen molar-refractivity contribution >= 4 is 34.4 Å². The fourth-order valence-electron chi connectivity index (χ4n) is 4.17. The maximum atomic E-state index is 13.0. The van der Waals surface area contributed by atoms with Crippen LogP contribution in [-0.4, -0.2) is 45.9 Å². The van der Waals surface area contributed by atoms with E-state index in [1.54, 1.807) is 24.3 Å². The van der Waals surface area contributed by atoms with Crippen LogP contribution in [0.2, 0.25) is 5.02 Å². The number of benzene rings is 2. The fourth-order valence-corrected chi connectivity index (χ4v) is 4.36. The van der Waals surface area contributed by atoms with Crippen LogP contribution in [-0.2, 0) is 17.8 Å². The fraction of sp³-hybridized carbons (Fsp3) is 0.400. The smallest absolute Gasteiger partial charge is 0.251 e. The predicted octanol–water partition coefficient (Wildman–Crippen LogP) is 4.31. The van der Waals surface area contributed by atoms with E-state index in [0.29, 0.717) is 36.0 Å². The van der Waals surface area contributed by atoms with Gasteiger partial charge in [0, 0.05) is 36.6 Å². The summed E-state index contributed by atoms with van der Waals surface area (Å²) in [5.74, 6) is 1.57. The summed E-state index contributed by atoms with van der Waals surface area (Å²) in [7, 11) is 0. The Kier molecular flexibility index (Phi) is 7.10. The zero-order chi connectivity index (χ0) is 22.5. The SMILES string of the molecule is CC1CCN(C(=O)Cn2c(CCCNC(=O)c3cccc(Cl)c3)nc3ccccc32)CC1. The molecule has 0 unspecified atom stereocenters. The van der Waals surface area contributed by atoms with Crippen molar-refractivity contribution in [2.45, 2.75) is 39.2 Å². The standard InChI is InChI=1S/C25H29ClN4O2/c1-18-11-14-29(15-12-18)24(31)17-30-22-9-3-2-8-21(22)28-23(30)10-5-13-27-25(32)19-6-4-7-20(26)16-19/h2-4,6-9,16,18H,5,10-15,17H2,1H3,(H,27,32). The van der Waals surface area contributed by atoms with Crippen LogP contribution in [0.5, 0.6) is 0 Å². The van der Waals surface area contributed by atoms with Gasteiger partial charge in [-0.3, -0.25) is 9.59 Å². The zero-order valence-electron chi connectivity index (χ0n) is 18.4. The minimum atomic E-state index is -0.143. The molecule has 1 fully saturated rings. The van der Waals surface area contributed by atoms with Gasteiger partial charge in [-0.1, -0.05) is 36.7 Å². The van der Waals surface area contributed by atoms with Gasteiger partial charge in [-0.25, -0.2) is 4.98 Å². The molecule has 0 saturated carbocycles. The maximum absolute atomic E-state index is 13.0. The Labute approximate surface area is 193 Å². The van der Waals surface area contributed by atoms with E-state index in [0.717, 1.165) is 49.2 Å². The summed E-state index contributed by atoms with van der Waals surface area (Å²) < 4.78 is 2.04. The van der Waals surface area contributed by atoms with Crippen LogP contribution < -0.4 is 5.32 Å². The second-order valence-corrected chi connectivity index (χ2v) is 8.97. The van der Waals surface area contributed by atoms with Crippen LogP contribution in [0.1, 0.15) is 42.4 Å². The molecule has 2 aromatic carbocycles. The Morgan fingerprint density at radius 3 is 2.69 bits per heavy atom. The number of para-hydroxylation sites is 2. The number of aryl methyl sites for hydroxylation is 1. The molecular formula is C25H29ClN4O2. The first-order chi connectivity index (χ1) is 15.5. The summed E-state index contributed by atoms with van der Waals surface area (Å²) in [5, 5.41) is 3.48. The van der Waals surface area contributed by atoms with E-state index in [1.165, 1.54) is 0 Å². The second-order valence-electron chi connectivity index (χ2n) is 8.54. The number of fused-ring (bicyclic) bond motifs is 1. The summed E-state index contributed by atoms with van der Waals surface area (Å²) >= 11 is 5.97. The molecular weight excluding hydrogens is 424 g/mol. The minimum Gasteiger partial charge on any atom is -0.352 e. The summed E-state index contributed by atoms with van der Waals surface area (Å²) in [6.07, 6.45) is 3.53. The van der Waals surface area contributed by atoms with E-state index < -0.39 is 0 Å². The first-order valence-corrected chi connectivity index (χ1v) is 11.6. The van der Waals surface area contributed by atoms with Gasteiger partial charge < -0.3 is 14.8 Å². The lowest BCUT2D eigenvalue weighted by Crippen LogP contribution is -2.40. The lowest BCUT2D eigenvalue weighted by Gasteiger charge is -2.30. The van der Waals surface area contributed by atoms with Gasteiger partial charge in [0.15, 0.2) is 0 Å². The van der Waals surface area contributed by atoms with Gasteiger partial charge in [-0.2, -0.15) is 0 Å². The van der Waals surface area contributed by atoms with Crippen molar-refractivity contribution in [3.05, 3.63) is 64.9 Å². The third-order valence-corrected chi connectivity index (χ3v) is 6.35. The number of imidazole rings is 1. The minimum absolute atomic E-state index is 0.143. The van der Waals surface area contributed by atoms with Crippen LogP contribution >= 0.6 is 11.6 Å². The molecule has 0 bridgehead atoms. The molecule has 4 rings (SSSR count). The van der Waals surface area contributed by atoms with Crippen molar-refractivity contribution in [2.24, 2.45) is 5.92 Å². The number of amides is 2. The zero-order valence-corrected chi connectivity index (χ0v) is 19.1. The van der Waals surface area contributed by atoms with Gasteiger partial charge in [0.05, 0.1) is 11.0 Å². The number of rotatable bonds is 7. The van der Waals surface area contributed by atoms with Crippen molar-refractivity contribution in [3.8, 4) is 0 Å². The van der Waals surface area contributed by atoms with E-state index in [-0.39, 0.29) is 11.8 Å². The molecule has 1 aliphatic heterocycles. The molecule has 1 N–H and O–H groups in total. The molecule has 0 radical (unpaired) electrons. The Morgan fingerprint density at radius 2 is 1.91 bits per heavy atom. The number of halogens is 1. The van der Waals surface area contributed by atoms with Crippen LogP contribution in [0.3, 0.4) is 0 Å². The van der Waals surface area contributed by atoms with E-state index in [2.05, 4.69) is 12.2 Å². The molecule has 7 heteroatoms. The molecule has 2 heterocycles. The van der Waals surface area contributed by atoms with Crippen LogP contribution in [0.4, 0.5) is 0 Å². The molecule has 3 aromatic rings. The van der Waals surface area contributed by atoms with Crippen molar-refractivity contribution in [2.75, 3.05) is 19.6 Å². The van der Waals surface area contributed by atoms with Crippen molar-refractivity contribution < 1.29 is 9.59 Å². The highest BCUT2D eigenvalue weighted by atomic mass is 35.5. The van der Waals surface area contributed by atoms with E-state index in [4.69, 9.17) is 16.6 Å². The van der Waals surface area contributed by atoms with Crippen LogP contribution in [0.25, 0.3) is 11.0 Å². The molecule has 2 amide bonds. The molecule has 0 atom stereocenters. The number of hydrogen-bond acceptors (Lipinski definition) is 3. The van der Waals surface area contributed by atoms with Crippen molar-refractivity contribution in [3.63, 3.8) is 0 Å². The van der Waals surface area contributed by atoms with Gasteiger partial charge in [-0.15, -0.1) is 0 Å². The van der Waals surface area contributed by atoms with Gasteiger partial charge in [0.25, 0.3) is 5.91 Å². The number of carbonyl (C=O) groups excluding carboxylic acids is 2. The molecule has 1 aromatic heterocycles. The maximum Gasteiger partial charge on any atom is 0.251 e. The summed E-state index contributed by atoms with van der Waals surface area (Å²) in [5.41, 5.74) is 2.42. The molecule has 6 nitrogen and oxygen atoms in total.